The van der Waals surface area contributed by atoms with E-state index in [2.05, 4.69) is 17.6 Å². The van der Waals surface area contributed by atoms with Crippen LogP contribution in [0, 0.1) is 5.41 Å². The van der Waals surface area contributed by atoms with Crippen molar-refractivity contribution in [2.45, 2.75) is 51.5 Å². The lowest BCUT2D eigenvalue weighted by molar-refractivity contribution is -0.153. The largest absolute Gasteiger partial charge is 0.481 e. The summed E-state index contributed by atoms with van der Waals surface area (Å²) < 4.78 is 0. The summed E-state index contributed by atoms with van der Waals surface area (Å²) in [7, 11) is 0. The Morgan fingerprint density at radius 1 is 1.33 bits per heavy atom. The van der Waals surface area contributed by atoms with Crippen LogP contribution in [0.5, 0.6) is 0 Å². The molecular formula is C15H27N3O3. The first-order chi connectivity index (χ1) is 10.1. The zero-order chi connectivity index (χ0) is 15.3. The highest BCUT2D eigenvalue weighted by molar-refractivity contribution is 5.79. The van der Waals surface area contributed by atoms with Crippen LogP contribution in [0.25, 0.3) is 0 Å². The molecule has 0 radical (unpaired) electrons. The molecule has 2 fully saturated rings. The van der Waals surface area contributed by atoms with Crippen LogP contribution in [0.15, 0.2) is 0 Å². The van der Waals surface area contributed by atoms with Gasteiger partial charge in [0.15, 0.2) is 0 Å². The van der Waals surface area contributed by atoms with Gasteiger partial charge in [0.2, 0.25) is 0 Å². The molecule has 6 nitrogen and oxygen atoms in total. The molecule has 0 unspecified atom stereocenters. The average Bonchev–Trinajstić information content (AvgIpc) is 2.44. The van der Waals surface area contributed by atoms with E-state index in [0.29, 0.717) is 12.8 Å². The number of aliphatic carboxylic acids is 1. The molecule has 1 saturated carbocycles. The van der Waals surface area contributed by atoms with E-state index in [1.54, 1.807) is 0 Å². The van der Waals surface area contributed by atoms with Gasteiger partial charge in [-0.2, -0.15) is 0 Å². The van der Waals surface area contributed by atoms with Crippen molar-refractivity contribution in [1.82, 2.24) is 15.5 Å². The molecule has 2 aliphatic rings. The quantitative estimate of drug-likeness (QED) is 0.692. The number of carbonyl (C=O) groups excluding carboxylic acids is 1. The number of hydrogen-bond acceptors (Lipinski definition) is 3. The van der Waals surface area contributed by atoms with E-state index in [1.165, 1.54) is 0 Å². The average molecular weight is 297 g/mol. The number of carboxylic acids is 1. The molecule has 0 spiro atoms. The van der Waals surface area contributed by atoms with Gasteiger partial charge in [-0.05, 0) is 45.2 Å². The lowest BCUT2D eigenvalue weighted by Gasteiger charge is -2.39. The molecule has 1 aliphatic heterocycles. The number of amides is 2. The molecule has 2 amide bonds. The fraction of sp³-hybridized carbons (Fsp3) is 0.867. The number of nitrogens with one attached hydrogen (secondary N) is 2. The Labute approximate surface area is 126 Å². The third kappa shape index (κ3) is 3.67. The molecule has 0 aromatic rings. The van der Waals surface area contributed by atoms with Gasteiger partial charge >= 0.3 is 12.0 Å². The molecule has 1 saturated heterocycles. The maximum Gasteiger partial charge on any atom is 0.317 e. The van der Waals surface area contributed by atoms with Crippen molar-refractivity contribution in [2.24, 2.45) is 5.41 Å². The van der Waals surface area contributed by atoms with Crippen LogP contribution in [0.4, 0.5) is 4.79 Å². The molecule has 0 atom stereocenters. The molecule has 2 rings (SSSR count). The van der Waals surface area contributed by atoms with Crippen molar-refractivity contribution in [3.63, 3.8) is 0 Å². The highest BCUT2D eigenvalue weighted by Gasteiger charge is 2.44. The van der Waals surface area contributed by atoms with Gasteiger partial charge in [-0.25, -0.2) is 4.79 Å². The first-order valence-electron chi connectivity index (χ1n) is 8.07. The summed E-state index contributed by atoms with van der Waals surface area (Å²) in [6, 6.07) is 0.171. The van der Waals surface area contributed by atoms with Crippen molar-refractivity contribution in [3.8, 4) is 0 Å². The summed E-state index contributed by atoms with van der Waals surface area (Å²) in [5.41, 5.74) is -0.721. The number of hydrogen-bond donors (Lipinski definition) is 3. The second-order valence-electron chi connectivity index (χ2n) is 6.27. The number of urea groups is 1. The van der Waals surface area contributed by atoms with Crippen LogP contribution >= 0.6 is 0 Å². The molecule has 0 bridgehead atoms. The van der Waals surface area contributed by atoms with Crippen LogP contribution in [0.3, 0.4) is 0 Å². The molecule has 0 aromatic heterocycles. The third-order valence-electron chi connectivity index (χ3n) is 4.82. The van der Waals surface area contributed by atoms with E-state index in [9.17, 15) is 14.7 Å². The summed E-state index contributed by atoms with van der Waals surface area (Å²) in [6.45, 7) is 4.93. The van der Waals surface area contributed by atoms with Crippen molar-refractivity contribution < 1.29 is 14.7 Å². The first-order valence-corrected chi connectivity index (χ1v) is 8.07. The smallest absolute Gasteiger partial charge is 0.317 e. The van der Waals surface area contributed by atoms with Gasteiger partial charge in [0, 0.05) is 19.1 Å². The maximum absolute atomic E-state index is 12.4. The molecule has 120 valence electrons. The van der Waals surface area contributed by atoms with Crippen molar-refractivity contribution >= 4 is 12.0 Å². The number of piperidine rings is 1. The minimum Gasteiger partial charge on any atom is -0.481 e. The minimum atomic E-state index is -0.780. The van der Waals surface area contributed by atoms with E-state index in [4.69, 9.17) is 0 Å². The van der Waals surface area contributed by atoms with Gasteiger partial charge in [0.05, 0.1) is 5.41 Å². The Morgan fingerprint density at radius 3 is 2.48 bits per heavy atom. The van der Waals surface area contributed by atoms with Crippen LogP contribution < -0.4 is 10.6 Å². The van der Waals surface area contributed by atoms with E-state index >= 15 is 0 Å². The van der Waals surface area contributed by atoms with Gasteiger partial charge in [0.1, 0.15) is 0 Å². The Kier molecular flexibility index (Phi) is 5.45. The van der Waals surface area contributed by atoms with E-state index in [0.717, 1.165) is 45.3 Å². The fourth-order valence-electron chi connectivity index (χ4n) is 3.23. The SMILES string of the molecule is CCCN(C(=O)NCC1(C(=O)O)CCC1)C1CCNCC1. The zero-order valence-electron chi connectivity index (χ0n) is 12.9. The highest BCUT2D eigenvalue weighted by Crippen LogP contribution is 2.40. The Morgan fingerprint density at radius 2 is 2.00 bits per heavy atom. The molecule has 1 aliphatic carbocycles. The van der Waals surface area contributed by atoms with Gasteiger partial charge in [-0.3, -0.25) is 4.79 Å². The Hall–Kier alpha value is -1.30. The standard InChI is InChI=1S/C15H27N3O3/c1-2-10-18(12-4-8-16-9-5-12)14(21)17-11-15(13(19)20)6-3-7-15/h12,16H,2-11H2,1H3,(H,17,21)(H,19,20). The summed E-state index contributed by atoms with van der Waals surface area (Å²) in [5.74, 6) is -0.780. The summed E-state index contributed by atoms with van der Waals surface area (Å²) in [6.07, 6.45) is 5.14. The molecule has 0 aromatic carbocycles. The van der Waals surface area contributed by atoms with E-state index < -0.39 is 11.4 Å². The normalized spacial score (nSPS) is 21.4. The van der Waals surface area contributed by atoms with Crippen molar-refractivity contribution in [2.75, 3.05) is 26.2 Å². The monoisotopic (exact) mass is 297 g/mol. The second kappa shape index (κ2) is 7.11. The first kappa shape index (κ1) is 16.1. The van der Waals surface area contributed by atoms with Gasteiger partial charge in [-0.1, -0.05) is 13.3 Å². The summed E-state index contributed by atoms with van der Waals surface area (Å²) in [4.78, 5) is 25.7. The predicted molar refractivity (Wildman–Crippen MR) is 80.2 cm³/mol. The minimum absolute atomic E-state index is 0.101. The highest BCUT2D eigenvalue weighted by atomic mass is 16.4. The lowest BCUT2D eigenvalue weighted by Crippen LogP contribution is -2.54. The van der Waals surface area contributed by atoms with Crippen LogP contribution in [0.2, 0.25) is 0 Å². The van der Waals surface area contributed by atoms with Gasteiger partial charge in [0.25, 0.3) is 0 Å². The zero-order valence-corrected chi connectivity index (χ0v) is 12.9. The van der Waals surface area contributed by atoms with E-state index in [-0.39, 0.29) is 18.6 Å². The number of carboxylic acid groups (broad SMARTS) is 1. The maximum atomic E-state index is 12.4. The molecule has 21 heavy (non-hydrogen) atoms. The molecule has 1 heterocycles. The Balaban J connectivity index is 1.90. The topological polar surface area (TPSA) is 81.7 Å². The lowest BCUT2D eigenvalue weighted by atomic mass is 9.69. The van der Waals surface area contributed by atoms with Crippen molar-refractivity contribution in [1.29, 1.82) is 0 Å². The molecular weight excluding hydrogens is 270 g/mol. The van der Waals surface area contributed by atoms with Crippen LogP contribution in [-0.2, 0) is 4.79 Å². The van der Waals surface area contributed by atoms with E-state index in [1.807, 2.05) is 4.90 Å². The number of nitrogens with zero attached hydrogens (tertiary/aromatic N) is 1. The number of carbonyl (C=O) groups is 2. The summed E-state index contributed by atoms with van der Waals surface area (Å²) >= 11 is 0. The van der Waals surface area contributed by atoms with Crippen LogP contribution in [-0.4, -0.2) is 54.2 Å². The van der Waals surface area contributed by atoms with Crippen LogP contribution in [0.1, 0.15) is 45.4 Å². The third-order valence-corrected chi connectivity index (χ3v) is 4.82. The second-order valence-corrected chi connectivity index (χ2v) is 6.27. The Bertz CT molecular complexity index is 376. The molecule has 6 heteroatoms. The van der Waals surface area contributed by atoms with Crippen molar-refractivity contribution in [3.05, 3.63) is 0 Å². The summed E-state index contributed by atoms with van der Waals surface area (Å²) in [5, 5.41) is 15.5. The predicted octanol–water partition coefficient (Wildman–Crippen LogP) is 1.41. The molecule has 3 N–H and O–H groups in total. The fourth-order valence-corrected chi connectivity index (χ4v) is 3.23. The van der Waals surface area contributed by atoms with Gasteiger partial charge < -0.3 is 20.6 Å². The number of rotatable bonds is 6. The van der Waals surface area contributed by atoms with Gasteiger partial charge in [-0.15, -0.1) is 0 Å².